The number of rotatable bonds is 2. The molecule has 0 unspecified atom stereocenters. The van der Waals surface area contributed by atoms with Crippen LogP contribution in [0.15, 0.2) is 18.3 Å². The molecule has 0 bridgehead atoms. The van der Waals surface area contributed by atoms with E-state index in [4.69, 9.17) is 0 Å². The van der Waals surface area contributed by atoms with Crippen LogP contribution in [0.25, 0.3) is 0 Å². The van der Waals surface area contributed by atoms with Crippen LogP contribution >= 0.6 is 0 Å². The molecular formula is C9H12N3+. The molecule has 0 aromatic carbocycles. The van der Waals surface area contributed by atoms with Gasteiger partial charge in [0.25, 0.3) is 6.72 Å². The van der Waals surface area contributed by atoms with Crippen LogP contribution in [0.4, 0.5) is 5.82 Å². The van der Waals surface area contributed by atoms with Gasteiger partial charge in [-0.05, 0) is 12.1 Å². The third kappa shape index (κ3) is 1.71. The summed E-state index contributed by atoms with van der Waals surface area (Å²) in [6.45, 7) is 5.35. The second kappa shape index (κ2) is 3.69. The predicted molar refractivity (Wildman–Crippen MR) is 52.8 cm³/mol. The average molecular weight is 162 g/mol. The first-order chi connectivity index (χ1) is 5.77. The number of nitrogens with one attached hydrogen (secondary N) is 1. The lowest BCUT2D eigenvalue weighted by Crippen LogP contribution is -1.99. The zero-order valence-electron chi connectivity index (χ0n) is 7.33. The summed E-state index contributed by atoms with van der Waals surface area (Å²) in [5.41, 5.74) is 1.90. The van der Waals surface area contributed by atoms with Crippen molar-refractivity contribution in [2.75, 3.05) is 12.4 Å². The van der Waals surface area contributed by atoms with Crippen molar-refractivity contribution < 1.29 is 0 Å². The van der Waals surface area contributed by atoms with Crippen LogP contribution in [0.1, 0.15) is 12.5 Å². The quantitative estimate of drug-likeness (QED) is 0.513. The molecule has 62 valence electrons. The number of hydrogen-bond acceptors (Lipinski definition) is 2. The van der Waals surface area contributed by atoms with Gasteiger partial charge in [-0.3, -0.25) is 0 Å². The number of aromatic nitrogens is 1. The summed E-state index contributed by atoms with van der Waals surface area (Å²) in [6.07, 6.45) is 1.77. The van der Waals surface area contributed by atoms with Crippen molar-refractivity contribution >= 4 is 18.2 Å². The minimum Gasteiger partial charge on any atom is -0.373 e. The molecule has 1 heterocycles. The predicted octanol–water partition coefficient (Wildman–Crippen LogP) is 0.700. The van der Waals surface area contributed by atoms with Gasteiger partial charge in [0.1, 0.15) is 5.82 Å². The number of hydrogen-bond donors (Lipinski definition) is 1. The first-order valence-corrected chi connectivity index (χ1v) is 3.72. The standard InChI is InChI=1S/C9H11N3/c1-7(10-2)8-4-5-9(11-3)12-6-8/h4-6H,2H2,1,3H3/p+1. The summed E-state index contributed by atoms with van der Waals surface area (Å²) in [4.78, 5) is 4.15. The third-order valence-electron chi connectivity index (χ3n) is 1.67. The Morgan fingerprint density at radius 1 is 1.58 bits per heavy atom. The van der Waals surface area contributed by atoms with E-state index in [9.17, 15) is 0 Å². The maximum Gasteiger partial charge on any atom is 0.308 e. The van der Waals surface area contributed by atoms with E-state index in [1.165, 1.54) is 0 Å². The van der Waals surface area contributed by atoms with Crippen LogP contribution in [0.5, 0.6) is 0 Å². The minimum atomic E-state index is 0.857. The zero-order chi connectivity index (χ0) is 8.97. The fourth-order valence-corrected chi connectivity index (χ4v) is 0.847. The summed E-state index contributed by atoms with van der Waals surface area (Å²) in [5, 5.41) is 2.94. The van der Waals surface area contributed by atoms with Crippen LogP contribution in [-0.4, -0.2) is 24.5 Å². The Labute approximate surface area is 71.9 Å². The lowest BCUT2D eigenvalue weighted by molar-refractivity contribution is 1.27. The van der Waals surface area contributed by atoms with Gasteiger partial charge >= 0.3 is 5.71 Å². The Morgan fingerprint density at radius 2 is 2.33 bits per heavy atom. The van der Waals surface area contributed by atoms with E-state index in [1.807, 2.05) is 26.1 Å². The Kier molecular flexibility index (Phi) is 2.62. The SMILES string of the molecule is C=[N+]=C(C)c1ccc(NC)nc1. The monoisotopic (exact) mass is 162 g/mol. The van der Waals surface area contributed by atoms with Gasteiger partial charge in [0.05, 0.1) is 5.56 Å². The van der Waals surface area contributed by atoms with E-state index < -0.39 is 0 Å². The Balaban J connectivity index is 3.00. The number of nitrogens with zero attached hydrogens (tertiary/aromatic N) is 2. The van der Waals surface area contributed by atoms with Gasteiger partial charge in [-0.1, -0.05) is 0 Å². The molecule has 0 aliphatic carbocycles. The second-order valence-electron chi connectivity index (χ2n) is 2.43. The van der Waals surface area contributed by atoms with Gasteiger partial charge < -0.3 is 5.32 Å². The maximum absolute atomic E-state index is 4.15. The minimum absolute atomic E-state index is 0.857. The highest BCUT2D eigenvalue weighted by atomic mass is 14.9. The highest BCUT2D eigenvalue weighted by Crippen LogP contribution is 2.03. The molecule has 3 heteroatoms. The normalized spacial score (nSPS) is 8.83. The molecule has 1 N–H and O–H groups in total. The molecule has 0 saturated heterocycles. The maximum atomic E-state index is 4.15. The zero-order valence-corrected chi connectivity index (χ0v) is 7.33. The molecule has 1 rings (SSSR count). The van der Waals surface area contributed by atoms with E-state index >= 15 is 0 Å². The summed E-state index contributed by atoms with van der Waals surface area (Å²) in [5.74, 6) is 0.857. The van der Waals surface area contributed by atoms with Crippen LogP contribution in [0, 0.1) is 0 Å². The first kappa shape index (κ1) is 8.50. The fraction of sp³-hybridized carbons (Fsp3) is 0.222. The molecule has 0 spiro atoms. The average Bonchev–Trinajstić information content (AvgIpc) is 2.17. The van der Waals surface area contributed by atoms with Gasteiger partial charge in [-0.25, -0.2) is 4.98 Å². The third-order valence-corrected chi connectivity index (χ3v) is 1.67. The van der Waals surface area contributed by atoms with Crippen molar-refractivity contribution in [3.05, 3.63) is 23.9 Å². The highest BCUT2D eigenvalue weighted by Gasteiger charge is 2.04. The molecule has 3 nitrogen and oxygen atoms in total. The van der Waals surface area contributed by atoms with E-state index in [0.717, 1.165) is 17.1 Å². The molecule has 0 amide bonds. The Morgan fingerprint density at radius 3 is 2.75 bits per heavy atom. The van der Waals surface area contributed by atoms with Crippen molar-refractivity contribution in [2.24, 2.45) is 0 Å². The highest BCUT2D eigenvalue weighted by molar-refractivity contribution is 5.98. The van der Waals surface area contributed by atoms with Crippen molar-refractivity contribution in [1.82, 2.24) is 9.65 Å². The van der Waals surface area contributed by atoms with Gasteiger partial charge in [-0.2, -0.15) is 0 Å². The van der Waals surface area contributed by atoms with Crippen LogP contribution < -0.4 is 9.98 Å². The van der Waals surface area contributed by atoms with Crippen LogP contribution in [0.2, 0.25) is 0 Å². The summed E-state index contributed by atoms with van der Waals surface area (Å²) < 4.78 is 3.82. The van der Waals surface area contributed by atoms with E-state index in [0.29, 0.717) is 0 Å². The van der Waals surface area contributed by atoms with Gasteiger partial charge in [0, 0.05) is 20.2 Å². The van der Waals surface area contributed by atoms with Crippen molar-refractivity contribution in [3.63, 3.8) is 0 Å². The molecule has 0 saturated carbocycles. The van der Waals surface area contributed by atoms with Crippen LogP contribution in [0.3, 0.4) is 0 Å². The van der Waals surface area contributed by atoms with Crippen molar-refractivity contribution in [2.45, 2.75) is 6.92 Å². The van der Waals surface area contributed by atoms with Crippen molar-refractivity contribution in [3.8, 4) is 0 Å². The fourth-order valence-electron chi connectivity index (χ4n) is 0.847. The molecule has 12 heavy (non-hydrogen) atoms. The second-order valence-corrected chi connectivity index (χ2v) is 2.43. The smallest absolute Gasteiger partial charge is 0.308 e. The van der Waals surface area contributed by atoms with E-state index in [2.05, 4.69) is 21.7 Å². The summed E-state index contributed by atoms with van der Waals surface area (Å²) in [6, 6.07) is 3.87. The molecule has 0 fully saturated rings. The number of pyridine rings is 1. The van der Waals surface area contributed by atoms with Crippen molar-refractivity contribution in [1.29, 1.82) is 0 Å². The van der Waals surface area contributed by atoms with E-state index in [1.54, 1.807) is 6.20 Å². The lowest BCUT2D eigenvalue weighted by Gasteiger charge is -1.96. The molecule has 1 aromatic rings. The Hall–Kier alpha value is -1.60. The van der Waals surface area contributed by atoms with Crippen LogP contribution in [-0.2, 0) is 0 Å². The number of anilines is 1. The van der Waals surface area contributed by atoms with Gasteiger partial charge in [0.15, 0.2) is 0 Å². The molecule has 0 aliphatic heterocycles. The van der Waals surface area contributed by atoms with Gasteiger partial charge in [0.2, 0.25) is 0 Å². The van der Waals surface area contributed by atoms with Gasteiger partial charge in [-0.15, -0.1) is 4.67 Å². The molecule has 0 radical (unpaired) electrons. The summed E-state index contributed by atoms with van der Waals surface area (Å²) >= 11 is 0. The topological polar surface area (TPSA) is 39.0 Å². The summed E-state index contributed by atoms with van der Waals surface area (Å²) in [7, 11) is 1.84. The molecule has 0 aliphatic rings. The first-order valence-electron chi connectivity index (χ1n) is 3.72. The Bertz CT molecular complexity index is 307. The molecule has 1 aromatic heterocycles. The molecule has 0 atom stereocenters. The largest absolute Gasteiger partial charge is 0.373 e. The lowest BCUT2D eigenvalue weighted by atomic mass is 10.2. The van der Waals surface area contributed by atoms with E-state index in [-0.39, 0.29) is 0 Å². The molecular weight excluding hydrogens is 150 g/mol.